The van der Waals surface area contributed by atoms with Crippen molar-refractivity contribution in [2.24, 2.45) is 0 Å². The van der Waals surface area contributed by atoms with Crippen LogP contribution in [-0.2, 0) is 4.74 Å². The highest BCUT2D eigenvalue weighted by atomic mass is 16.5. The van der Waals surface area contributed by atoms with Crippen molar-refractivity contribution in [1.29, 1.82) is 0 Å². The Kier molecular flexibility index (Phi) is 4.36. The molecule has 0 spiro atoms. The minimum atomic E-state index is 0.342. The van der Waals surface area contributed by atoms with Crippen molar-refractivity contribution in [2.75, 3.05) is 26.3 Å². The predicted molar refractivity (Wildman–Crippen MR) is 75.5 cm³/mol. The summed E-state index contributed by atoms with van der Waals surface area (Å²) >= 11 is 0. The zero-order chi connectivity index (χ0) is 12.9. The van der Waals surface area contributed by atoms with E-state index >= 15 is 0 Å². The van der Waals surface area contributed by atoms with Gasteiger partial charge in [-0.15, -0.1) is 0 Å². The molecule has 1 saturated heterocycles. The highest BCUT2D eigenvalue weighted by Crippen LogP contribution is 2.27. The van der Waals surface area contributed by atoms with E-state index in [9.17, 15) is 0 Å². The molecule has 2 atom stereocenters. The van der Waals surface area contributed by atoms with Gasteiger partial charge in [0.05, 0.1) is 13.2 Å². The van der Waals surface area contributed by atoms with Crippen LogP contribution in [0.1, 0.15) is 25.7 Å². The van der Waals surface area contributed by atoms with Crippen molar-refractivity contribution < 1.29 is 9.47 Å². The lowest BCUT2D eigenvalue weighted by Crippen LogP contribution is -2.52. The van der Waals surface area contributed by atoms with Crippen LogP contribution in [0.4, 0.5) is 0 Å². The second-order valence-corrected chi connectivity index (χ2v) is 5.47. The SMILES string of the molecule is c1ccc(O[C@@H]2CCCC[C@H]2N2CCOCC2)cc1. The van der Waals surface area contributed by atoms with E-state index in [4.69, 9.17) is 9.47 Å². The molecule has 0 amide bonds. The third-order valence-electron chi connectivity index (χ3n) is 4.21. The molecular formula is C16H23NO2. The molecule has 0 aromatic heterocycles. The average Bonchev–Trinajstić information content (AvgIpc) is 2.50. The molecule has 1 saturated carbocycles. The Hall–Kier alpha value is -1.06. The molecule has 2 aliphatic rings. The molecule has 1 aromatic rings. The standard InChI is InChI=1S/C16H23NO2/c1-2-6-14(7-3-1)19-16-9-5-4-8-15(16)17-10-12-18-13-11-17/h1-3,6-7,15-16H,4-5,8-13H2/t15-,16-/m1/s1. The summed E-state index contributed by atoms with van der Waals surface area (Å²) in [6.07, 6.45) is 5.40. The van der Waals surface area contributed by atoms with Crippen LogP contribution in [0, 0.1) is 0 Å². The number of benzene rings is 1. The van der Waals surface area contributed by atoms with Crippen LogP contribution in [0.2, 0.25) is 0 Å². The summed E-state index contributed by atoms with van der Waals surface area (Å²) in [6.45, 7) is 3.85. The van der Waals surface area contributed by atoms with Gasteiger partial charge in [-0.25, -0.2) is 0 Å². The van der Waals surface area contributed by atoms with Gasteiger partial charge in [-0.3, -0.25) is 4.90 Å². The summed E-state index contributed by atoms with van der Waals surface area (Å²) in [6, 6.07) is 10.8. The molecule has 1 aliphatic carbocycles. The number of rotatable bonds is 3. The first-order valence-corrected chi connectivity index (χ1v) is 7.47. The number of morpholine rings is 1. The topological polar surface area (TPSA) is 21.7 Å². The van der Waals surface area contributed by atoms with Crippen LogP contribution in [0.15, 0.2) is 30.3 Å². The lowest BCUT2D eigenvalue weighted by Gasteiger charge is -2.41. The number of nitrogens with zero attached hydrogens (tertiary/aromatic N) is 1. The lowest BCUT2D eigenvalue weighted by atomic mass is 9.91. The third kappa shape index (κ3) is 3.28. The Bertz CT molecular complexity index is 376. The fourth-order valence-corrected chi connectivity index (χ4v) is 3.22. The molecule has 0 radical (unpaired) electrons. The molecule has 19 heavy (non-hydrogen) atoms. The largest absolute Gasteiger partial charge is 0.489 e. The van der Waals surface area contributed by atoms with Gasteiger partial charge in [-0.2, -0.15) is 0 Å². The molecule has 0 bridgehead atoms. The van der Waals surface area contributed by atoms with Gasteiger partial charge >= 0.3 is 0 Å². The molecule has 2 fully saturated rings. The maximum atomic E-state index is 6.24. The van der Waals surface area contributed by atoms with Crippen LogP contribution >= 0.6 is 0 Å². The first kappa shape index (κ1) is 12.9. The van der Waals surface area contributed by atoms with Crippen LogP contribution in [-0.4, -0.2) is 43.3 Å². The summed E-state index contributed by atoms with van der Waals surface area (Å²) in [5.41, 5.74) is 0. The highest BCUT2D eigenvalue weighted by Gasteiger charge is 2.32. The molecular weight excluding hydrogens is 238 g/mol. The third-order valence-corrected chi connectivity index (χ3v) is 4.21. The van der Waals surface area contributed by atoms with Gasteiger partial charge in [-0.1, -0.05) is 24.6 Å². The van der Waals surface area contributed by atoms with E-state index in [2.05, 4.69) is 17.0 Å². The van der Waals surface area contributed by atoms with Gasteiger partial charge < -0.3 is 9.47 Å². The van der Waals surface area contributed by atoms with Crippen molar-refractivity contribution in [1.82, 2.24) is 4.90 Å². The van der Waals surface area contributed by atoms with E-state index in [1.54, 1.807) is 0 Å². The minimum absolute atomic E-state index is 0.342. The van der Waals surface area contributed by atoms with Crippen molar-refractivity contribution >= 4 is 0 Å². The molecule has 0 unspecified atom stereocenters. The number of hydrogen-bond donors (Lipinski definition) is 0. The van der Waals surface area contributed by atoms with Gasteiger partial charge in [0.2, 0.25) is 0 Å². The van der Waals surface area contributed by atoms with Crippen LogP contribution < -0.4 is 4.74 Å². The van der Waals surface area contributed by atoms with Gasteiger partial charge in [0, 0.05) is 19.1 Å². The van der Waals surface area contributed by atoms with Crippen LogP contribution in [0.5, 0.6) is 5.75 Å². The zero-order valence-electron chi connectivity index (χ0n) is 11.5. The number of hydrogen-bond acceptors (Lipinski definition) is 3. The predicted octanol–water partition coefficient (Wildman–Crippen LogP) is 2.71. The van der Waals surface area contributed by atoms with E-state index in [1.807, 2.05) is 18.2 Å². The summed E-state index contributed by atoms with van der Waals surface area (Å²) in [7, 11) is 0. The van der Waals surface area contributed by atoms with E-state index < -0.39 is 0 Å². The van der Waals surface area contributed by atoms with Gasteiger partial charge in [0.25, 0.3) is 0 Å². The van der Waals surface area contributed by atoms with Gasteiger partial charge in [0.1, 0.15) is 11.9 Å². The minimum Gasteiger partial charge on any atom is -0.489 e. The Morgan fingerprint density at radius 2 is 1.74 bits per heavy atom. The smallest absolute Gasteiger partial charge is 0.119 e. The van der Waals surface area contributed by atoms with Crippen molar-refractivity contribution in [3.63, 3.8) is 0 Å². The summed E-state index contributed by atoms with van der Waals surface area (Å²) < 4.78 is 11.7. The molecule has 1 aliphatic heterocycles. The average molecular weight is 261 g/mol. The quantitative estimate of drug-likeness (QED) is 0.835. The number of para-hydroxylation sites is 1. The first-order valence-electron chi connectivity index (χ1n) is 7.47. The van der Waals surface area contributed by atoms with Crippen LogP contribution in [0.25, 0.3) is 0 Å². The normalized spacial score (nSPS) is 29.1. The van der Waals surface area contributed by atoms with Crippen molar-refractivity contribution in [2.45, 2.75) is 37.8 Å². The summed E-state index contributed by atoms with van der Waals surface area (Å²) in [5, 5.41) is 0. The molecule has 3 nitrogen and oxygen atoms in total. The molecule has 1 heterocycles. The Morgan fingerprint density at radius 1 is 1.00 bits per heavy atom. The molecule has 0 N–H and O–H groups in total. The maximum absolute atomic E-state index is 6.24. The highest BCUT2D eigenvalue weighted by molar-refractivity contribution is 5.21. The zero-order valence-corrected chi connectivity index (χ0v) is 11.5. The molecule has 104 valence electrons. The van der Waals surface area contributed by atoms with E-state index in [0.29, 0.717) is 12.1 Å². The fraction of sp³-hybridized carbons (Fsp3) is 0.625. The molecule has 1 aromatic carbocycles. The first-order chi connectivity index (χ1) is 9.43. The second kappa shape index (κ2) is 6.40. The van der Waals surface area contributed by atoms with Crippen LogP contribution in [0.3, 0.4) is 0 Å². The van der Waals surface area contributed by atoms with E-state index in [0.717, 1.165) is 32.1 Å². The van der Waals surface area contributed by atoms with Crippen molar-refractivity contribution in [3.05, 3.63) is 30.3 Å². The fourth-order valence-electron chi connectivity index (χ4n) is 3.22. The summed E-state index contributed by atoms with van der Waals surface area (Å²) in [5.74, 6) is 1.01. The van der Waals surface area contributed by atoms with E-state index in [-0.39, 0.29) is 0 Å². The Balaban J connectivity index is 1.66. The van der Waals surface area contributed by atoms with Crippen molar-refractivity contribution in [3.8, 4) is 5.75 Å². The van der Waals surface area contributed by atoms with Gasteiger partial charge in [-0.05, 0) is 31.4 Å². The monoisotopic (exact) mass is 261 g/mol. The Labute approximate surface area is 115 Å². The molecule has 3 rings (SSSR count). The Morgan fingerprint density at radius 3 is 2.53 bits per heavy atom. The maximum Gasteiger partial charge on any atom is 0.119 e. The molecule has 3 heteroatoms. The summed E-state index contributed by atoms with van der Waals surface area (Å²) in [4.78, 5) is 2.57. The van der Waals surface area contributed by atoms with Gasteiger partial charge in [0.15, 0.2) is 0 Å². The second-order valence-electron chi connectivity index (χ2n) is 5.47. The number of ether oxygens (including phenoxy) is 2. The lowest BCUT2D eigenvalue weighted by molar-refractivity contribution is -0.0281. The van der Waals surface area contributed by atoms with E-state index in [1.165, 1.54) is 25.7 Å².